The van der Waals surface area contributed by atoms with E-state index in [4.69, 9.17) is 13.9 Å². The van der Waals surface area contributed by atoms with E-state index in [1.807, 2.05) is 24.3 Å². The normalized spacial score (nSPS) is 12.9. The number of nitrogens with one attached hydrogen (secondary N) is 1. The summed E-state index contributed by atoms with van der Waals surface area (Å²) in [6, 6.07) is 7.79. The summed E-state index contributed by atoms with van der Waals surface area (Å²) in [7, 11) is 0. The van der Waals surface area contributed by atoms with Gasteiger partial charge in [0.2, 0.25) is 6.79 Å². The van der Waals surface area contributed by atoms with Gasteiger partial charge in [0.05, 0.1) is 17.3 Å². The molecule has 0 saturated heterocycles. The summed E-state index contributed by atoms with van der Waals surface area (Å²) >= 11 is 3.42. The molecule has 0 radical (unpaired) electrons. The van der Waals surface area contributed by atoms with Crippen molar-refractivity contribution in [3.8, 4) is 11.5 Å². The first kappa shape index (κ1) is 11.6. The van der Waals surface area contributed by atoms with Gasteiger partial charge in [-0.2, -0.15) is 0 Å². The molecule has 2 heterocycles. The Morgan fingerprint density at radius 1 is 1.17 bits per heavy atom. The largest absolute Gasteiger partial charge is 0.467 e. The summed E-state index contributed by atoms with van der Waals surface area (Å²) in [6.07, 6.45) is 1.66. The summed E-state index contributed by atoms with van der Waals surface area (Å²) in [6.45, 7) is 1.67. The molecule has 1 N–H and O–H groups in total. The SMILES string of the molecule is Brc1ccoc1CNCc1cccc2c1OCO2. The van der Waals surface area contributed by atoms with Crippen molar-refractivity contribution in [1.29, 1.82) is 0 Å². The number of para-hydroxylation sites is 1. The molecule has 0 saturated carbocycles. The van der Waals surface area contributed by atoms with E-state index in [9.17, 15) is 0 Å². The van der Waals surface area contributed by atoms with E-state index < -0.39 is 0 Å². The standard InChI is InChI=1S/C13H12BrNO3/c14-10-4-5-16-12(10)7-15-6-9-2-1-3-11-13(9)18-8-17-11/h1-5,15H,6-8H2. The second-order valence-electron chi connectivity index (χ2n) is 3.95. The minimum Gasteiger partial charge on any atom is -0.467 e. The predicted octanol–water partition coefficient (Wildman–Crippen LogP) is 3.06. The van der Waals surface area contributed by atoms with Gasteiger partial charge in [-0.15, -0.1) is 0 Å². The van der Waals surface area contributed by atoms with Crippen LogP contribution in [0.15, 0.2) is 39.4 Å². The average Bonchev–Trinajstić information content (AvgIpc) is 2.99. The first-order chi connectivity index (χ1) is 8.84. The van der Waals surface area contributed by atoms with Crippen LogP contribution in [0.1, 0.15) is 11.3 Å². The molecule has 0 amide bonds. The number of fused-ring (bicyclic) bond motifs is 1. The van der Waals surface area contributed by atoms with Crippen molar-refractivity contribution >= 4 is 15.9 Å². The van der Waals surface area contributed by atoms with Crippen molar-refractivity contribution in [3.05, 3.63) is 46.3 Å². The van der Waals surface area contributed by atoms with Gasteiger partial charge in [0.1, 0.15) is 5.76 Å². The Hall–Kier alpha value is -1.46. The van der Waals surface area contributed by atoms with Gasteiger partial charge >= 0.3 is 0 Å². The summed E-state index contributed by atoms with van der Waals surface area (Å²) in [5.41, 5.74) is 1.09. The highest BCUT2D eigenvalue weighted by Gasteiger charge is 2.16. The van der Waals surface area contributed by atoms with Crippen LogP contribution in [0.4, 0.5) is 0 Å². The first-order valence-electron chi connectivity index (χ1n) is 5.64. The minimum absolute atomic E-state index is 0.302. The third kappa shape index (κ3) is 2.23. The number of furan rings is 1. The zero-order chi connectivity index (χ0) is 12.4. The Labute approximate surface area is 113 Å². The van der Waals surface area contributed by atoms with Crippen LogP contribution in [0.5, 0.6) is 11.5 Å². The molecule has 1 aromatic carbocycles. The second kappa shape index (κ2) is 5.04. The summed E-state index contributed by atoms with van der Waals surface area (Å²) in [4.78, 5) is 0. The van der Waals surface area contributed by atoms with Crippen LogP contribution < -0.4 is 14.8 Å². The Bertz CT molecular complexity index is 553. The lowest BCUT2D eigenvalue weighted by atomic mass is 10.2. The smallest absolute Gasteiger partial charge is 0.231 e. The maximum absolute atomic E-state index is 5.45. The number of hydrogen-bond acceptors (Lipinski definition) is 4. The van der Waals surface area contributed by atoms with Crippen LogP contribution in [-0.2, 0) is 13.1 Å². The van der Waals surface area contributed by atoms with Crippen LogP contribution >= 0.6 is 15.9 Å². The van der Waals surface area contributed by atoms with Gasteiger partial charge in [0.25, 0.3) is 0 Å². The lowest BCUT2D eigenvalue weighted by molar-refractivity contribution is 0.173. The molecular formula is C13H12BrNO3. The molecule has 1 aliphatic rings. The molecule has 18 heavy (non-hydrogen) atoms. The van der Waals surface area contributed by atoms with E-state index in [-0.39, 0.29) is 0 Å². The zero-order valence-electron chi connectivity index (χ0n) is 9.61. The van der Waals surface area contributed by atoms with Crippen molar-refractivity contribution in [1.82, 2.24) is 5.32 Å². The van der Waals surface area contributed by atoms with Crippen LogP contribution in [0.25, 0.3) is 0 Å². The molecule has 3 rings (SSSR count). The van der Waals surface area contributed by atoms with Crippen molar-refractivity contribution in [3.63, 3.8) is 0 Å². The molecule has 0 unspecified atom stereocenters. The fraction of sp³-hybridized carbons (Fsp3) is 0.231. The lowest BCUT2D eigenvalue weighted by Crippen LogP contribution is -2.12. The Morgan fingerprint density at radius 3 is 2.94 bits per heavy atom. The summed E-state index contributed by atoms with van der Waals surface area (Å²) in [5.74, 6) is 2.54. The van der Waals surface area contributed by atoms with Gasteiger partial charge < -0.3 is 19.2 Å². The van der Waals surface area contributed by atoms with Gasteiger partial charge in [0, 0.05) is 12.1 Å². The van der Waals surface area contributed by atoms with Crippen molar-refractivity contribution in [2.75, 3.05) is 6.79 Å². The molecule has 1 aliphatic heterocycles. The number of hydrogen-bond donors (Lipinski definition) is 1. The summed E-state index contributed by atoms with van der Waals surface area (Å²) < 4.78 is 17.1. The topological polar surface area (TPSA) is 43.6 Å². The molecule has 0 spiro atoms. The van der Waals surface area contributed by atoms with Crippen LogP contribution in [0.3, 0.4) is 0 Å². The molecule has 4 nitrogen and oxygen atoms in total. The van der Waals surface area contributed by atoms with Gasteiger partial charge in [-0.25, -0.2) is 0 Å². The van der Waals surface area contributed by atoms with Crippen molar-refractivity contribution < 1.29 is 13.9 Å². The quantitative estimate of drug-likeness (QED) is 0.942. The van der Waals surface area contributed by atoms with E-state index in [1.165, 1.54) is 0 Å². The molecule has 0 atom stereocenters. The molecule has 0 aliphatic carbocycles. The number of halogens is 1. The maximum atomic E-state index is 5.45. The molecule has 94 valence electrons. The maximum Gasteiger partial charge on any atom is 0.231 e. The van der Waals surface area contributed by atoms with E-state index >= 15 is 0 Å². The van der Waals surface area contributed by atoms with Crippen LogP contribution in [0.2, 0.25) is 0 Å². The number of rotatable bonds is 4. The number of benzene rings is 1. The lowest BCUT2D eigenvalue weighted by Gasteiger charge is -2.06. The molecule has 5 heteroatoms. The Balaban J connectivity index is 1.64. The van der Waals surface area contributed by atoms with Gasteiger partial charge in [0.15, 0.2) is 11.5 Å². The van der Waals surface area contributed by atoms with Gasteiger partial charge in [-0.05, 0) is 28.1 Å². The van der Waals surface area contributed by atoms with Gasteiger partial charge in [-0.1, -0.05) is 12.1 Å². The monoisotopic (exact) mass is 309 g/mol. The highest BCUT2D eigenvalue weighted by molar-refractivity contribution is 9.10. The molecular weight excluding hydrogens is 298 g/mol. The molecule has 0 bridgehead atoms. The van der Waals surface area contributed by atoms with Crippen LogP contribution in [0, 0.1) is 0 Å². The third-order valence-corrected chi connectivity index (χ3v) is 3.48. The minimum atomic E-state index is 0.302. The molecule has 0 fully saturated rings. The van der Waals surface area contributed by atoms with E-state index in [2.05, 4.69) is 21.2 Å². The Morgan fingerprint density at radius 2 is 2.11 bits per heavy atom. The van der Waals surface area contributed by atoms with Gasteiger partial charge in [-0.3, -0.25) is 0 Å². The van der Waals surface area contributed by atoms with Crippen LogP contribution in [-0.4, -0.2) is 6.79 Å². The van der Waals surface area contributed by atoms with E-state index in [0.717, 1.165) is 27.3 Å². The fourth-order valence-corrected chi connectivity index (χ4v) is 2.23. The predicted molar refractivity (Wildman–Crippen MR) is 69.5 cm³/mol. The molecule has 1 aromatic heterocycles. The highest BCUT2D eigenvalue weighted by Crippen LogP contribution is 2.35. The first-order valence-corrected chi connectivity index (χ1v) is 6.44. The molecule has 2 aromatic rings. The highest BCUT2D eigenvalue weighted by atomic mass is 79.9. The van der Waals surface area contributed by atoms with E-state index in [0.29, 0.717) is 19.9 Å². The van der Waals surface area contributed by atoms with Crippen molar-refractivity contribution in [2.45, 2.75) is 13.1 Å². The van der Waals surface area contributed by atoms with E-state index in [1.54, 1.807) is 6.26 Å². The second-order valence-corrected chi connectivity index (χ2v) is 4.80. The fourth-order valence-electron chi connectivity index (χ4n) is 1.89. The summed E-state index contributed by atoms with van der Waals surface area (Å²) in [5, 5.41) is 3.32. The third-order valence-electron chi connectivity index (χ3n) is 2.77. The number of ether oxygens (including phenoxy) is 2. The zero-order valence-corrected chi connectivity index (χ0v) is 11.2. The van der Waals surface area contributed by atoms with Crippen molar-refractivity contribution in [2.24, 2.45) is 0 Å². The Kier molecular flexibility index (Phi) is 3.25. The average molecular weight is 310 g/mol.